The number of carbonyl (C=O) groups is 1. The maximum absolute atomic E-state index is 14.7. The molecule has 0 unspecified atom stereocenters. The molecule has 0 atom stereocenters. The lowest BCUT2D eigenvalue weighted by molar-refractivity contribution is -0.386. The second-order valence-electron chi connectivity index (χ2n) is 7.48. The Hall–Kier alpha value is -3.15. The average molecular weight is 472 g/mol. The van der Waals surface area contributed by atoms with Gasteiger partial charge in [-0.1, -0.05) is 18.2 Å². The third-order valence-corrected chi connectivity index (χ3v) is 6.39. The van der Waals surface area contributed by atoms with Gasteiger partial charge in [0.15, 0.2) is 5.75 Å². The standard InChI is InChI=1S/C20H19F3N2O6S/c21-19(8-10-20(22,23)11-9-19)13-31-17-7-6-15(12-16(17)25(27)28)32(29,30)24-18(26)14-4-2-1-3-5-14/h1-7,12H,8-11,13H2,(H,24,26). The number of sulfonamides is 1. The van der Waals surface area contributed by atoms with E-state index in [9.17, 15) is 36.5 Å². The lowest BCUT2D eigenvalue weighted by Crippen LogP contribution is -2.39. The Morgan fingerprint density at radius 2 is 1.69 bits per heavy atom. The molecular formula is C20H19F3N2O6S. The van der Waals surface area contributed by atoms with E-state index in [-0.39, 0.29) is 5.56 Å². The van der Waals surface area contributed by atoms with Crippen molar-refractivity contribution in [1.29, 1.82) is 0 Å². The van der Waals surface area contributed by atoms with Gasteiger partial charge >= 0.3 is 5.69 Å². The number of nitro benzene ring substituents is 1. The number of hydrogen-bond donors (Lipinski definition) is 1. The lowest BCUT2D eigenvalue weighted by Gasteiger charge is -2.33. The summed E-state index contributed by atoms with van der Waals surface area (Å²) in [6, 6.07) is 10.1. The molecule has 0 heterocycles. The van der Waals surface area contributed by atoms with Crippen LogP contribution in [-0.2, 0) is 10.0 Å². The van der Waals surface area contributed by atoms with Crippen molar-refractivity contribution in [3.05, 3.63) is 64.2 Å². The lowest BCUT2D eigenvalue weighted by atomic mass is 9.85. The molecule has 1 N–H and O–H groups in total. The van der Waals surface area contributed by atoms with E-state index in [1.165, 1.54) is 24.3 Å². The molecule has 2 aromatic carbocycles. The zero-order chi connectivity index (χ0) is 23.6. The number of halogens is 3. The first-order chi connectivity index (χ1) is 14.9. The predicted octanol–water partition coefficient (Wildman–Crippen LogP) is 4.01. The maximum Gasteiger partial charge on any atom is 0.312 e. The summed E-state index contributed by atoms with van der Waals surface area (Å²) in [5.74, 6) is -4.30. The molecule has 0 saturated heterocycles. The minimum absolute atomic E-state index is 0.0665. The van der Waals surface area contributed by atoms with E-state index in [2.05, 4.69) is 0 Å². The number of hydrogen-bond acceptors (Lipinski definition) is 6. The van der Waals surface area contributed by atoms with Crippen molar-refractivity contribution in [2.24, 2.45) is 0 Å². The molecule has 0 bridgehead atoms. The van der Waals surface area contributed by atoms with Gasteiger partial charge in [-0.3, -0.25) is 14.9 Å². The number of nitrogens with zero attached hydrogens (tertiary/aromatic N) is 1. The molecule has 1 fully saturated rings. The van der Waals surface area contributed by atoms with Crippen LogP contribution in [0.4, 0.5) is 18.9 Å². The molecule has 0 spiro atoms. The van der Waals surface area contributed by atoms with Crippen LogP contribution in [0.15, 0.2) is 53.4 Å². The summed E-state index contributed by atoms with van der Waals surface area (Å²) >= 11 is 0. The highest BCUT2D eigenvalue weighted by Gasteiger charge is 2.44. The Morgan fingerprint density at radius 1 is 1.06 bits per heavy atom. The number of ether oxygens (including phenoxy) is 1. The van der Waals surface area contributed by atoms with Crippen molar-refractivity contribution in [3.63, 3.8) is 0 Å². The summed E-state index contributed by atoms with van der Waals surface area (Å²) in [5.41, 5.74) is -2.79. The molecule has 3 rings (SSSR count). The van der Waals surface area contributed by atoms with Crippen LogP contribution >= 0.6 is 0 Å². The Morgan fingerprint density at radius 3 is 2.28 bits per heavy atom. The smallest absolute Gasteiger partial charge is 0.312 e. The van der Waals surface area contributed by atoms with Crippen molar-refractivity contribution in [1.82, 2.24) is 4.72 Å². The zero-order valence-electron chi connectivity index (χ0n) is 16.6. The molecule has 12 heteroatoms. The Balaban J connectivity index is 1.77. The number of nitro groups is 1. The maximum atomic E-state index is 14.7. The van der Waals surface area contributed by atoms with Gasteiger partial charge < -0.3 is 4.74 Å². The van der Waals surface area contributed by atoms with E-state index in [0.29, 0.717) is 6.07 Å². The molecule has 1 saturated carbocycles. The van der Waals surface area contributed by atoms with Crippen LogP contribution in [0.2, 0.25) is 0 Å². The fourth-order valence-corrected chi connectivity index (χ4v) is 4.17. The summed E-state index contributed by atoms with van der Waals surface area (Å²) < 4.78 is 73.2. The van der Waals surface area contributed by atoms with Gasteiger partial charge in [0.25, 0.3) is 15.9 Å². The van der Waals surface area contributed by atoms with Crippen LogP contribution in [0, 0.1) is 10.1 Å². The monoisotopic (exact) mass is 472 g/mol. The van der Waals surface area contributed by atoms with Gasteiger partial charge in [0.1, 0.15) is 12.3 Å². The van der Waals surface area contributed by atoms with Gasteiger partial charge in [-0.2, -0.15) is 0 Å². The summed E-state index contributed by atoms with van der Waals surface area (Å²) in [4.78, 5) is 22.0. The highest BCUT2D eigenvalue weighted by Crippen LogP contribution is 2.41. The van der Waals surface area contributed by atoms with Gasteiger partial charge in [0.05, 0.1) is 9.82 Å². The van der Waals surface area contributed by atoms with E-state index < -0.39 is 81.1 Å². The van der Waals surface area contributed by atoms with Crippen LogP contribution in [0.25, 0.3) is 0 Å². The average Bonchev–Trinajstić information content (AvgIpc) is 2.75. The molecule has 32 heavy (non-hydrogen) atoms. The topological polar surface area (TPSA) is 116 Å². The number of alkyl halides is 3. The molecule has 1 aliphatic rings. The first kappa shape index (κ1) is 23.5. The summed E-state index contributed by atoms with van der Waals surface area (Å²) in [6.07, 6.45) is -2.25. The molecule has 2 aromatic rings. The first-order valence-corrected chi connectivity index (χ1v) is 11.0. The van der Waals surface area contributed by atoms with E-state index in [1.54, 1.807) is 6.07 Å². The van der Waals surface area contributed by atoms with Crippen LogP contribution < -0.4 is 9.46 Å². The normalized spacial score (nSPS) is 17.3. The quantitative estimate of drug-likeness (QED) is 0.481. The van der Waals surface area contributed by atoms with Crippen molar-refractivity contribution >= 4 is 21.6 Å². The third kappa shape index (κ3) is 5.55. The van der Waals surface area contributed by atoms with Crippen molar-refractivity contribution in [3.8, 4) is 5.75 Å². The van der Waals surface area contributed by atoms with Crippen LogP contribution in [-0.4, -0.2) is 37.4 Å². The predicted molar refractivity (Wildman–Crippen MR) is 107 cm³/mol. The Labute approximate surface area is 181 Å². The minimum Gasteiger partial charge on any atom is -0.483 e. The number of benzene rings is 2. The van der Waals surface area contributed by atoms with E-state index in [4.69, 9.17) is 4.74 Å². The molecule has 1 aliphatic carbocycles. The summed E-state index contributed by atoms with van der Waals surface area (Å²) in [7, 11) is -4.46. The second-order valence-corrected chi connectivity index (χ2v) is 9.17. The molecule has 0 aliphatic heterocycles. The van der Waals surface area contributed by atoms with E-state index in [1.807, 2.05) is 4.72 Å². The summed E-state index contributed by atoms with van der Waals surface area (Å²) in [5, 5.41) is 11.4. The molecule has 0 aromatic heterocycles. The minimum atomic E-state index is -4.46. The van der Waals surface area contributed by atoms with Gasteiger partial charge in [-0.05, 0) is 37.1 Å². The van der Waals surface area contributed by atoms with Crippen LogP contribution in [0.5, 0.6) is 5.75 Å². The Kier molecular flexibility index (Phi) is 6.44. The van der Waals surface area contributed by atoms with Gasteiger partial charge in [-0.15, -0.1) is 0 Å². The zero-order valence-corrected chi connectivity index (χ0v) is 17.4. The first-order valence-electron chi connectivity index (χ1n) is 9.51. The van der Waals surface area contributed by atoms with Gasteiger partial charge in [0, 0.05) is 24.5 Å². The fourth-order valence-electron chi connectivity index (χ4n) is 3.17. The molecule has 172 valence electrons. The molecule has 0 radical (unpaired) electrons. The van der Waals surface area contributed by atoms with Gasteiger partial charge in [-0.25, -0.2) is 26.3 Å². The molecule has 8 nitrogen and oxygen atoms in total. The largest absolute Gasteiger partial charge is 0.483 e. The number of amides is 1. The number of rotatable bonds is 7. The number of carbonyl (C=O) groups excluding carboxylic acids is 1. The van der Waals surface area contributed by atoms with Crippen molar-refractivity contribution in [2.45, 2.75) is 42.2 Å². The Bertz CT molecular complexity index is 1120. The van der Waals surface area contributed by atoms with Crippen molar-refractivity contribution in [2.75, 3.05) is 6.61 Å². The summed E-state index contributed by atoms with van der Waals surface area (Å²) in [6.45, 7) is -0.694. The van der Waals surface area contributed by atoms with E-state index in [0.717, 1.165) is 12.1 Å². The highest BCUT2D eigenvalue weighted by atomic mass is 32.2. The van der Waals surface area contributed by atoms with Crippen LogP contribution in [0.1, 0.15) is 36.0 Å². The highest BCUT2D eigenvalue weighted by molar-refractivity contribution is 7.90. The van der Waals surface area contributed by atoms with Crippen LogP contribution in [0.3, 0.4) is 0 Å². The van der Waals surface area contributed by atoms with Crippen molar-refractivity contribution < 1.29 is 36.0 Å². The molecule has 1 amide bonds. The third-order valence-electron chi connectivity index (χ3n) is 5.06. The SMILES string of the molecule is O=C(NS(=O)(=O)c1ccc(OCC2(F)CCC(F)(F)CC2)c([N+](=O)[O-])c1)c1ccccc1. The second kappa shape index (κ2) is 8.77. The van der Waals surface area contributed by atoms with E-state index >= 15 is 0 Å². The number of nitrogens with one attached hydrogen (secondary N) is 1. The fraction of sp³-hybridized carbons (Fsp3) is 0.350. The molecular weight excluding hydrogens is 453 g/mol. The van der Waals surface area contributed by atoms with Gasteiger partial charge in [0.2, 0.25) is 5.92 Å².